The Morgan fingerprint density at radius 1 is 1.27 bits per heavy atom. The van der Waals surface area contributed by atoms with Crippen molar-refractivity contribution in [2.75, 3.05) is 32.5 Å². The van der Waals surface area contributed by atoms with Gasteiger partial charge in [0, 0.05) is 25.2 Å². The molecule has 2 atom stereocenters. The van der Waals surface area contributed by atoms with E-state index in [0.717, 1.165) is 11.3 Å². The third kappa shape index (κ3) is 4.53. The number of para-hydroxylation sites is 1. The molecule has 26 heavy (non-hydrogen) atoms. The molecular formula is C18H28N2O4S2. The Hall–Kier alpha value is -1.25. The summed E-state index contributed by atoms with van der Waals surface area (Å²) in [6, 6.07) is 7.66. The van der Waals surface area contributed by atoms with E-state index in [1.54, 1.807) is 23.8 Å². The van der Waals surface area contributed by atoms with Gasteiger partial charge in [0.1, 0.15) is 11.1 Å². The van der Waals surface area contributed by atoms with Gasteiger partial charge in [-0.15, -0.1) is 11.8 Å². The van der Waals surface area contributed by atoms with Crippen LogP contribution in [0.3, 0.4) is 0 Å². The van der Waals surface area contributed by atoms with Crippen molar-refractivity contribution in [2.24, 2.45) is 0 Å². The third-order valence-electron chi connectivity index (χ3n) is 4.45. The van der Waals surface area contributed by atoms with Crippen LogP contribution in [0.15, 0.2) is 24.3 Å². The van der Waals surface area contributed by atoms with Gasteiger partial charge >= 0.3 is 0 Å². The van der Waals surface area contributed by atoms with Crippen molar-refractivity contribution in [1.29, 1.82) is 0 Å². The highest BCUT2D eigenvalue weighted by Crippen LogP contribution is 2.45. The van der Waals surface area contributed by atoms with Crippen molar-refractivity contribution in [3.05, 3.63) is 29.8 Å². The van der Waals surface area contributed by atoms with Crippen LogP contribution in [0.25, 0.3) is 0 Å². The van der Waals surface area contributed by atoms with Gasteiger partial charge in [0.2, 0.25) is 15.9 Å². The van der Waals surface area contributed by atoms with Crippen LogP contribution < -0.4 is 4.74 Å². The van der Waals surface area contributed by atoms with Crippen LogP contribution in [0.2, 0.25) is 0 Å². The average Bonchev–Trinajstić information content (AvgIpc) is 2.90. The molecular weight excluding hydrogens is 372 g/mol. The van der Waals surface area contributed by atoms with Crippen LogP contribution >= 0.6 is 11.8 Å². The monoisotopic (exact) mass is 400 g/mol. The first-order valence-corrected chi connectivity index (χ1v) is 11.5. The molecule has 1 amide bonds. The fraction of sp³-hybridized carbons (Fsp3) is 0.611. The molecule has 0 N–H and O–H groups in total. The number of hydrogen-bond donors (Lipinski definition) is 0. The molecule has 1 aromatic carbocycles. The lowest BCUT2D eigenvalue weighted by molar-refractivity contribution is -0.129. The second-order valence-corrected chi connectivity index (χ2v) is 9.73. The van der Waals surface area contributed by atoms with E-state index in [4.69, 9.17) is 4.74 Å². The molecule has 1 saturated heterocycles. The lowest BCUT2D eigenvalue weighted by Gasteiger charge is -2.28. The van der Waals surface area contributed by atoms with Gasteiger partial charge in [0.05, 0.1) is 18.1 Å². The second kappa shape index (κ2) is 9.10. The summed E-state index contributed by atoms with van der Waals surface area (Å²) in [7, 11) is -1.66. The molecule has 0 spiro atoms. The zero-order valence-corrected chi connectivity index (χ0v) is 17.5. The highest BCUT2D eigenvalue weighted by Gasteiger charge is 2.39. The quantitative estimate of drug-likeness (QED) is 0.638. The van der Waals surface area contributed by atoms with Crippen LogP contribution in [-0.2, 0) is 14.8 Å². The summed E-state index contributed by atoms with van der Waals surface area (Å²) in [5, 5.41) is -0.325. The van der Waals surface area contributed by atoms with E-state index >= 15 is 0 Å². The minimum Gasteiger partial charge on any atom is -0.496 e. The van der Waals surface area contributed by atoms with E-state index in [1.165, 1.54) is 4.31 Å². The molecule has 0 bridgehead atoms. The van der Waals surface area contributed by atoms with Gasteiger partial charge in [0.25, 0.3) is 0 Å². The molecule has 0 saturated carbocycles. The van der Waals surface area contributed by atoms with Crippen LogP contribution in [0.4, 0.5) is 0 Å². The van der Waals surface area contributed by atoms with Crippen molar-refractivity contribution in [2.45, 2.75) is 37.8 Å². The molecule has 1 aliphatic rings. The first-order chi connectivity index (χ1) is 12.4. The summed E-state index contributed by atoms with van der Waals surface area (Å²) < 4.78 is 31.6. The normalized spacial score (nSPS) is 20.8. The first-order valence-electron chi connectivity index (χ1n) is 8.92. The number of ether oxygens (including phenoxy) is 1. The Morgan fingerprint density at radius 2 is 1.96 bits per heavy atom. The number of sulfonamides is 1. The predicted octanol–water partition coefficient (Wildman–Crippen LogP) is 2.72. The number of nitrogens with zero attached hydrogens (tertiary/aromatic N) is 2. The largest absolute Gasteiger partial charge is 0.496 e. The van der Waals surface area contributed by atoms with E-state index in [-0.39, 0.29) is 22.3 Å². The zero-order chi connectivity index (χ0) is 19.3. The summed E-state index contributed by atoms with van der Waals surface area (Å²) in [6.45, 7) is 6.66. The average molecular weight is 401 g/mol. The molecule has 8 heteroatoms. The van der Waals surface area contributed by atoms with Crippen LogP contribution in [0, 0.1) is 0 Å². The van der Waals surface area contributed by atoms with Gasteiger partial charge in [-0.3, -0.25) is 4.79 Å². The van der Waals surface area contributed by atoms with E-state index < -0.39 is 10.0 Å². The van der Waals surface area contributed by atoms with Crippen molar-refractivity contribution in [1.82, 2.24) is 9.21 Å². The number of carbonyl (C=O) groups is 1. The summed E-state index contributed by atoms with van der Waals surface area (Å²) in [6.07, 6.45) is 0.582. The molecule has 1 aromatic rings. The zero-order valence-electron chi connectivity index (χ0n) is 15.8. The number of benzene rings is 1. The van der Waals surface area contributed by atoms with E-state index in [9.17, 15) is 13.2 Å². The number of likely N-dealkylation sites (N-methyl/N-ethyl adjacent to an activating group) is 1. The predicted molar refractivity (Wildman–Crippen MR) is 106 cm³/mol. The maximum atomic E-state index is 12.7. The minimum absolute atomic E-state index is 0.0369. The smallest absolute Gasteiger partial charge is 0.236 e. The van der Waals surface area contributed by atoms with E-state index in [1.807, 2.05) is 45.0 Å². The van der Waals surface area contributed by atoms with Crippen molar-refractivity contribution in [3.63, 3.8) is 0 Å². The number of rotatable bonds is 9. The first kappa shape index (κ1) is 21.1. The molecule has 1 fully saturated rings. The van der Waals surface area contributed by atoms with Gasteiger partial charge in [-0.05, 0) is 19.4 Å². The van der Waals surface area contributed by atoms with E-state index in [0.29, 0.717) is 26.1 Å². The Balaban J connectivity index is 2.21. The lowest BCUT2D eigenvalue weighted by Crippen LogP contribution is -2.41. The minimum atomic E-state index is -3.28. The van der Waals surface area contributed by atoms with Gasteiger partial charge in [0.15, 0.2) is 0 Å². The fourth-order valence-electron chi connectivity index (χ4n) is 3.11. The van der Waals surface area contributed by atoms with Gasteiger partial charge in [-0.1, -0.05) is 32.0 Å². The summed E-state index contributed by atoms with van der Waals surface area (Å²) in [4.78, 5) is 14.4. The molecule has 0 radical (unpaired) electrons. The Bertz CT molecular complexity index is 724. The summed E-state index contributed by atoms with van der Waals surface area (Å²) in [5.74, 6) is 0.910. The van der Waals surface area contributed by atoms with Crippen molar-refractivity contribution >= 4 is 27.7 Å². The molecule has 1 aliphatic heterocycles. The van der Waals surface area contributed by atoms with Crippen LogP contribution in [-0.4, -0.2) is 61.3 Å². The number of hydrogen-bond acceptors (Lipinski definition) is 5. The number of carbonyl (C=O) groups excluding carboxylic acids is 1. The second-order valence-electron chi connectivity index (χ2n) is 6.21. The number of thioether (sulfide) groups is 1. The highest BCUT2D eigenvalue weighted by atomic mass is 32.2. The maximum Gasteiger partial charge on any atom is 0.236 e. The fourth-order valence-corrected chi connectivity index (χ4v) is 5.98. The van der Waals surface area contributed by atoms with Crippen LogP contribution in [0.5, 0.6) is 5.75 Å². The van der Waals surface area contributed by atoms with Gasteiger partial charge in [-0.2, -0.15) is 0 Å². The standard InChI is InChI=1S/C18H28N2O4S2/c1-5-13-26(22,23)19(6-2)11-12-20-17(21)14(3)25-18(20)15-9-7-8-10-16(15)24-4/h7-10,14,18H,5-6,11-13H2,1-4H3. The highest BCUT2D eigenvalue weighted by molar-refractivity contribution is 8.01. The molecule has 6 nitrogen and oxygen atoms in total. The van der Waals surface area contributed by atoms with E-state index in [2.05, 4.69) is 0 Å². The SMILES string of the molecule is CCCS(=O)(=O)N(CC)CCN1C(=O)C(C)SC1c1ccccc1OC. The van der Waals surface area contributed by atoms with Crippen LogP contribution in [0.1, 0.15) is 38.1 Å². The van der Waals surface area contributed by atoms with Gasteiger partial charge in [-0.25, -0.2) is 12.7 Å². The topological polar surface area (TPSA) is 66.9 Å². The Kier molecular flexibility index (Phi) is 7.37. The maximum absolute atomic E-state index is 12.7. The van der Waals surface area contributed by atoms with Gasteiger partial charge < -0.3 is 9.64 Å². The lowest BCUT2D eigenvalue weighted by atomic mass is 10.1. The molecule has 0 aromatic heterocycles. The van der Waals surface area contributed by atoms with Crippen molar-refractivity contribution < 1.29 is 17.9 Å². The number of amides is 1. The molecule has 2 unspecified atom stereocenters. The summed E-state index contributed by atoms with van der Waals surface area (Å²) >= 11 is 1.57. The molecule has 1 heterocycles. The Morgan fingerprint density at radius 3 is 2.58 bits per heavy atom. The third-order valence-corrected chi connectivity index (χ3v) is 7.98. The Labute approximate surface area is 160 Å². The molecule has 2 rings (SSSR count). The number of methoxy groups -OCH3 is 1. The summed E-state index contributed by atoms with van der Waals surface area (Å²) in [5.41, 5.74) is 0.942. The van der Waals surface area contributed by atoms with Crippen molar-refractivity contribution in [3.8, 4) is 5.75 Å². The molecule has 0 aliphatic carbocycles. The molecule has 146 valence electrons.